The third-order valence-corrected chi connectivity index (χ3v) is 4.75. The van der Waals surface area contributed by atoms with Crippen LogP contribution in [-0.4, -0.2) is 53.5 Å². The second-order valence-corrected chi connectivity index (χ2v) is 6.85. The first kappa shape index (κ1) is 14.8. The summed E-state index contributed by atoms with van der Waals surface area (Å²) in [6.45, 7) is 11.0. The Morgan fingerprint density at radius 2 is 1.84 bits per heavy atom. The number of nitrogens with zero attached hydrogens (tertiary/aromatic N) is 2. The van der Waals surface area contributed by atoms with Crippen LogP contribution in [0.1, 0.15) is 40.5 Å². The van der Waals surface area contributed by atoms with Crippen molar-refractivity contribution in [1.29, 1.82) is 0 Å². The first-order chi connectivity index (χ1) is 8.90. The molecule has 1 saturated heterocycles. The Morgan fingerprint density at radius 3 is 2.37 bits per heavy atom. The average molecular weight is 267 g/mol. The summed E-state index contributed by atoms with van der Waals surface area (Å²) in [5.41, 5.74) is 6.15. The van der Waals surface area contributed by atoms with Gasteiger partial charge in [-0.15, -0.1) is 0 Å². The summed E-state index contributed by atoms with van der Waals surface area (Å²) in [6, 6.07) is 0.908. The van der Waals surface area contributed by atoms with E-state index in [-0.39, 0.29) is 18.0 Å². The lowest BCUT2D eigenvalue weighted by Crippen LogP contribution is -2.47. The number of hydrogen-bond donors (Lipinski definition) is 1. The van der Waals surface area contributed by atoms with Crippen LogP contribution in [0.2, 0.25) is 0 Å². The van der Waals surface area contributed by atoms with Crippen LogP contribution >= 0.6 is 0 Å². The third-order valence-electron chi connectivity index (χ3n) is 4.75. The maximum atomic E-state index is 12.4. The lowest BCUT2D eigenvalue weighted by Gasteiger charge is -2.32. The van der Waals surface area contributed by atoms with Crippen molar-refractivity contribution in [1.82, 2.24) is 9.80 Å². The Bertz CT molecular complexity index is 321. The molecule has 1 amide bonds. The quantitative estimate of drug-likeness (QED) is 0.835. The first-order valence-electron chi connectivity index (χ1n) is 7.69. The fourth-order valence-electron chi connectivity index (χ4n) is 3.97. The summed E-state index contributed by atoms with van der Waals surface area (Å²) in [7, 11) is 0. The molecule has 0 aromatic carbocycles. The molecule has 19 heavy (non-hydrogen) atoms. The molecular weight excluding hydrogens is 238 g/mol. The molecule has 2 N–H and O–H groups in total. The van der Waals surface area contributed by atoms with Crippen LogP contribution in [0, 0.1) is 11.8 Å². The van der Waals surface area contributed by atoms with Gasteiger partial charge in [0, 0.05) is 31.2 Å². The molecule has 0 bridgehead atoms. The highest BCUT2D eigenvalue weighted by Crippen LogP contribution is 2.36. The Labute approximate surface area is 117 Å². The molecule has 3 unspecified atom stereocenters. The van der Waals surface area contributed by atoms with E-state index in [1.54, 1.807) is 0 Å². The zero-order chi connectivity index (χ0) is 14.2. The van der Waals surface area contributed by atoms with Crippen LogP contribution in [0.15, 0.2) is 0 Å². The molecule has 2 rings (SSSR count). The number of rotatable bonds is 4. The molecule has 0 aromatic heterocycles. The molecule has 2 aliphatic rings. The van der Waals surface area contributed by atoms with Crippen molar-refractivity contribution in [3.8, 4) is 0 Å². The molecule has 1 aliphatic heterocycles. The number of nitrogens with two attached hydrogens (primary N) is 1. The molecular formula is C15H29N3O. The lowest BCUT2D eigenvalue weighted by atomic mass is 9.98. The van der Waals surface area contributed by atoms with Crippen molar-refractivity contribution in [2.24, 2.45) is 17.6 Å². The van der Waals surface area contributed by atoms with Gasteiger partial charge >= 0.3 is 0 Å². The van der Waals surface area contributed by atoms with Gasteiger partial charge in [-0.25, -0.2) is 0 Å². The molecule has 0 radical (unpaired) electrons. The Balaban J connectivity index is 1.90. The molecule has 3 atom stereocenters. The molecule has 0 aromatic rings. The topological polar surface area (TPSA) is 49.6 Å². The normalized spacial score (nSPS) is 31.2. The van der Waals surface area contributed by atoms with Gasteiger partial charge in [-0.05, 0) is 52.4 Å². The summed E-state index contributed by atoms with van der Waals surface area (Å²) in [5, 5.41) is 0. The van der Waals surface area contributed by atoms with Gasteiger partial charge in [0.2, 0.25) is 5.91 Å². The van der Waals surface area contributed by atoms with Crippen LogP contribution in [-0.2, 0) is 4.79 Å². The molecule has 0 spiro atoms. The highest BCUT2D eigenvalue weighted by atomic mass is 16.2. The second kappa shape index (κ2) is 5.80. The summed E-state index contributed by atoms with van der Waals surface area (Å²) in [5.74, 6) is 1.62. The number of carbonyl (C=O) groups excluding carboxylic acids is 1. The van der Waals surface area contributed by atoms with E-state index in [0.29, 0.717) is 18.5 Å². The lowest BCUT2D eigenvalue weighted by molar-refractivity contribution is -0.135. The fourth-order valence-corrected chi connectivity index (χ4v) is 3.97. The maximum absolute atomic E-state index is 12.4. The molecule has 4 nitrogen and oxygen atoms in total. The van der Waals surface area contributed by atoms with Crippen LogP contribution in [0.25, 0.3) is 0 Å². The number of hydrogen-bond acceptors (Lipinski definition) is 3. The summed E-state index contributed by atoms with van der Waals surface area (Å²) < 4.78 is 0. The minimum atomic E-state index is 0.263. The van der Waals surface area contributed by atoms with Gasteiger partial charge in [0.05, 0.1) is 6.54 Å². The standard InChI is InChI=1S/C15H29N3O/c1-10(2)18(11(3)4)15(19)9-17-7-12-5-6-14(16)13(12)8-17/h10-14H,5-9,16H2,1-4H3. The van der Waals surface area contributed by atoms with E-state index >= 15 is 0 Å². The monoisotopic (exact) mass is 267 g/mol. The zero-order valence-corrected chi connectivity index (χ0v) is 12.8. The average Bonchev–Trinajstić information content (AvgIpc) is 2.80. The summed E-state index contributed by atoms with van der Waals surface area (Å²) >= 11 is 0. The zero-order valence-electron chi connectivity index (χ0n) is 12.8. The maximum Gasteiger partial charge on any atom is 0.237 e. The smallest absolute Gasteiger partial charge is 0.237 e. The third kappa shape index (κ3) is 3.11. The number of amides is 1. The van der Waals surface area contributed by atoms with E-state index < -0.39 is 0 Å². The van der Waals surface area contributed by atoms with Crippen molar-refractivity contribution in [3.05, 3.63) is 0 Å². The van der Waals surface area contributed by atoms with Crippen molar-refractivity contribution in [2.75, 3.05) is 19.6 Å². The van der Waals surface area contributed by atoms with Crippen LogP contribution < -0.4 is 5.73 Å². The number of fused-ring (bicyclic) bond motifs is 1. The van der Waals surface area contributed by atoms with E-state index in [0.717, 1.165) is 19.0 Å². The van der Waals surface area contributed by atoms with Crippen molar-refractivity contribution < 1.29 is 4.79 Å². The van der Waals surface area contributed by atoms with Gasteiger partial charge in [0.15, 0.2) is 0 Å². The van der Waals surface area contributed by atoms with Crippen LogP contribution in [0.3, 0.4) is 0 Å². The van der Waals surface area contributed by atoms with Crippen molar-refractivity contribution >= 4 is 5.91 Å². The van der Waals surface area contributed by atoms with Gasteiger partial charge < -0.3 is 10.6 Å². The predicted molar refractivity (Wildman–Crippen MR) is 77.7 cm³/mol. The Kier molecular flexibility index (Phi) is 4.51. The highest BCUT2D eigenvalue weighted by molar-refractivity contribution is 5.78. The van der Waals surface area contributed by atoms with Gasteiger partial charge in [-0.3, -0.25) is 9.69 Å². The highest BCUT2D eigenvalue weighted by Gasteiger charge is 2.41. The number of carbonyl (C=O) groups is 1. The van der Waals surface area contributed by atoms with Gasteiger partial charge in [0.25, 0.3) is 0 Å². The second-order valence-electron chi connectivity index (χ2n) is 6.85. The van der Waals surface area contributed by atoms with Gasteiger partial charge in [-0.2, -0.15) is 0 Å². The van der Waals surface area contributed by atoms with E-state index in [1.165, 1.54) is 12.8 Å². The van der Waals surface area contributed by atoms with Crippen molar-refractivity contribution in [3.63, 3.8) is 0 Å². The van der Waals surface area contributed by atoms with E-state index in [2.05, 4.69) is 32.6 Å². The predicted octanol–water partition coefficient (Wildman–Crippen LogP) is 1.30. The minimum absolute atomic E-state index is 0.263. The summed E-state index contributed by atoms with van der Waals surface area (Å²) in [4.78, 5) is 16.7. The molecule has 2 fully saturated rings. The molecule has 1 aliphatic carbocycles. The molecule has 1 saturated carbocycles. The van der Waals surface area contributed by atoms with Crippen LogP contribution in [0.4, 0.5) is 0 Å². The van der Waals surface area contributed by atoms with Crippen molar-refractivity contribution in [2.45, 2.75) is 58.7 Å². The first-order valence-corrected chi connectivity index (χ1v) is 7.69. The largest absolute Gasteiger partial charge is 0.337 e. The van der Waals surface area contributed by atoms with E-state index in [9.17, 15) is 4.79 Å². The van der Waals surface area contributed by atoms with Crippen LogP contribution in [0.5, 0.6) is 0 Å². The summed E-state index contributed by atoms with van der Waals surface area (Å²) in [6.07, 6.45) is 2.41. The van der Waals surface area contributed by atoms with E-state index in [1.807, 2.05) is 4.90 Å². The molecule has 110 valence electrons. The van der Waals surface area contributed by atoms with Gasteiger partial charge in [0.1, 0.15) is 0 Å². The van der Waals surface area contributed by atoms with Gasteiger partial charge in [-0.1, -0.05) is 0 Å². The molecule has 4 heteroatoms. The Hall–Kier alpha value is -0.610. The van der Waals surface area contributed by atoms with E-state index in [4.69, 9.17) is 5.73 Å². The number of likely N-dealkylation sites (tertiary alicyclic amines) is 1. The molecule has 1 heterocycles. The minimum Gasteiger partial charge on any atom is -0.337 e. The fraction of sp³-hybridized carbons (Fsp3) is 0.933. The SMILES string of the molecule is CC(C)N(C(=O)CN1CC2CCC(N)C2C1)C(C)C. The Morgan fingerprint density at radius 1 is 1.21 bits per heavy atom.